The van der Waals surface area contributed by atoms with E-state index in [0.717, 1.165) is 31.5 Å². The molecule has 1 saturated carbocycles. The molecule has 4 rings (SSSR count). The Hall–Kier alpha value is -2.24. The fourth-order valence-electron chi connectivity index (χ4n) is 4.27. The average Bonchev–Trinajstić information content (AvgIpc) is 2.71. The van der Waals surface area contributed by atoms with Gasteiger partial charge in [0, 0.05) is 37.3 Å². The molecule has 0 bridgehead atoms. The highest BCUT2D eigenvalue weighted by molar-refractivity contribution is 5.80. The van der Waals surface area contributed by atoms with Gasteiger partial charge in [0.1, 0.15) is 0 Å². The van der Waals surface area contributed by atoms with Gasteiger partial charge in [0.05, 0.1) is 18.8 Å². The van der Waals surface area contributed by atoms with E-state index in [-0.39, 0.29) is 30.0 Å². The number of likely N-dealkylation sites (tertiary alicyclic amines) is 1. The zero-order valence-corrected chi connectivity index (χ0v) is 16.1. The summed E-state index contributed by atoms with van der Waals surface area (Å²) in [5, 5.41) is 9.54. The number of aromatic nitrogens is 1. The summed E-state index contributed by atoms with van der Waals surface area (Å²) in [4.78, 5) is 18.8. The molecule has 1 saturated heterocycles. The first kappa shape index (κ1) is 19.1. The van der Waals surface area contributed by atoms with Crippen molar-refractivity contribution in [3.05, 3.63) is 66.0 Å². The molecule has 1 amide bonds. The van der Waals surface area contributed by atoms with E-state index in [4.69, 9.17) is 4.74 Å². The number of ether oxygens (including phenoxy) is 1. The van der Waals surface area contributed by atoms with E-state index in [0.29, 0.717) is 19.4 Å². The van der Waals surface area contributed by atoms with Gasteiger partial charge < -0.3 is 14.7 Å². The van der Waals surface area contributed by atoms with Crippen LogP contribution in [-0.2, 0) is 22.6 Å². The van der Waals surface area contributed by atoms with Gasteiger partial charge >= 0.3 is 0 Å². The summed E-state index contributed by atoms with van der Waals surface area (Å²) in [6, 6.07) is 14.4. The lowest BCUT2D eigenvalue weighted by Crippen LogP contribution is -2.51. The zero-order valence-electron chi connectivity index (χ0n) is 16.1. The summed E-state index contributed by atoms with van der Waals surface area (Å²) in [5.41, 5.74) is 2.40. The van der Waals surface area contributed by atoms with E-state index in [2.05, 4.69) is 29.2 Å². The number of hydrogen-bond acceptors (Lipinski definition) is 4. The van der Waals surface area contributed by atoms with E-state index in [1.807, 2.05) is 23.1 Å². The van der Waals surface area contributed by atoms with Crippen molar-refractivity contribution in [3.8, 4) is 0 Å². The molecule has 1 aromatic heterocycles. The van der Waals surface area contributed by atoms with Crippen molar-refractivity contribution in [2.45, 2.75) is 44.5 Å². The minimum absolute atomic E-state index is 0.00154. The second-order valence-electron chi connectivity index (χ2n) is 8.05. The smallest absolute Gasteiger partial charge is 0.225 e. The highest BCUT2D eigenvalue weighted by Gasteiger charge is 2.39. The van der Waals surface area contributed by atoms with Crippen LogP contribution >= 0.6 is 0 Å². The van der Waals surface area contributed by atoms with Crippen LogP contribution in [0.25, 0.3) is 0 Å². The van der Waals surface area contributed by atoms with Crippen LogP contribution < -0.4 is 0 Å². The Morgan fingerprint density at radius 3 is 2.57 bits per heavy atom. The molecule has 2 aliphatic rings. The van der Waals surface area contributed by atoms with Crippen molar-refractivity contribution in [1.29, 1.82) is 0 Å². The Balaban J connectivity index is 1.42. The van der Waals surface area contributed by atoms with Gasteiger partial charge in [0.15, 0.2) is 0 Å². The Morgan fingerprint density at radius 2 is 1.86 bits per heavy atom. The second-order valence-corrected chi connectivity index (χ2v) is 8.05. The van der Waals surface area contributed by atoms with Crippen LogP contribution in [0.15, 0.2) is 54.9 Å². The van der Waals surface area contributed by atoms with Crippen LogP contribution in [-0.4, -0.2) is 46.2 Å². The SMILES string of the molecule is O=C(C1CC(O)C1)N1CC[C@@H](OCc2ccncc2)[C@H](Cc2ccccc2)C1. The number of hydrogen-bond donors (Lipinski definition) is 1. The van der Waals surface area contributed by atoms with Gasteiger partial charge in [-0.1, -0.05) is 30.3 Å². The molecule has 2 aromatic rings. The van der Waals surface area contributed by atoms with E-state index in [1.54, 1.807) is 12.4 Å². The minimum Gasteiger partial charge on any atom is -0.393 e. The lowest BCUT2D eigenvalue weighted by molar-refractivity contribution is -0.147. The lowest BCUT2D eigenvalue weighted by Gasteiger charge is -2.42. The first-order valence-corrected chi connectivity index (χ1v) is 10.2. The maximum Gasteiger partial charge on any atom is 0.225 e. The highest BCUT2D eigenvalue weighted by Crippen LogP contribution is 2.32. The second kappa shape index (κ2) is 8.84. The van der Waals surface area contributed by atoms with Crippen molar-refractivity contribution in [1.82, 2.24) is 9.88 Å². The molecule has 2 atom stereocenters. The summed E-state index contributed by atoms with van der Waals surface area (Å²) in [6.07, 6.45) is 6.38. The molecule has 2 fully saturated rings. The van der Waals surface area contributed by atoms with Gasteiger partial charge in [-0.05, 0) is 48.9 Å². The highest BCUT2D eigenvalue weighted by atomic mass is 16.5. The molecule has 0 unspecified atom stereocenters. The maximum atomic E-state index is 12.8. The quantitative estimate of drug-likeness (QED) is 0.837. The number of amides is 1. The van der Waals surface area contributed by atoms with Gasteiger partial charge in [-0.25, -0.2) is 0 Å². The number of benzene rings is 1. The molecule has 0 spiro atoms. The molecule has 5 nitrogen and oxygen atoms in total. The molecule has 1 aliphatic heterocycles. The van der Waals surface area contributed by atoms with Crippen LogP contribution in [0.3, 0.4) is 0 Å². The van der Waals surface area contributed by atoms with Crippen molar-refractivity contribution in [2.24, 2.45) is 11.8 Å². The van der Waals surface area contributed by atoms with Crippen LogP contribution in [0.2, 0.25) is 0 Å². The Labute approximate surface area is 166 Å². The monoisotopic (exact) mass is 380 g/mol. The molecular weight excluding hydrogens is 352 g/mol. The molecular formula is C23H28N2O3. The standard InChI is InChI=1S/C23H28N2O3/c26-21-13-19(14-21)23(27)25-11-8-22(28-16-18-6-9-24-10-7-18)20(15-25)12-17-4-2-1-3-5-17/h1-7,9-10,19-22,26H,8,11-16H2/t19?,20-,21?,22-/m1/s1. The van der Waals surface area contributed by atoms with E-state index in [1.165, 1.54) is 5.56 Å². The van der Waals surface area contributed by atoms with Crippen LogP contribution in [0.4, 0.5) is 0 Å². The molecule has 2 heterocycles. The molecule has 1 aliphatic carbocycles. The number of pyridine rings is 1. The molecule has 5 heteroatoms. The van der Waals surface area contributed by atoms with E-state index >= 15 is 0 Å². The predicted octanol–water partition coefficient (Wildman–Crippen LogP) is 2.83. The van der Waals surface area contributed by atoms with Crippen molar-refractivity contribution in [2.75, 3.05) is 13.1 Å². The summed E-state index contributed by atoms with van der Waals surface area (Å²) < 4.78 is 6.29. The average molecular weight is 380 g/mol. The van der Waals surface area contributed by atoms with Gasteiger partial charge in [-0.2, -0.15) is 0 Å². The molecule has 0 radical (unpaired) electrons. The van der Waals surface area contributed by atoms with Crippen LogP contribution in [0, 0.1) is 11.8 Å². The van der Waals surface area contributed by atoms with Crippen molar-refractivity contribution < 1.29 is 14.6 Å². The van der Waals surface area contributed by atoms with Gasteiger partial charge in [-0.3, -0.25) is 9.78 Å². The van der Waals surface area contributed by atoms with Crippen molar-refractivity contribution in [3.63, 3.8) is 0 Å². The Kier molecular flexibility index (Phi) is 6.03. The molecule has 148 valence electrons. The largest absolute Gasteiger partial charge is 0.393 e. The normalized spacial score (nSPS) is 27.2. The first-order valence-electron chi connectivity index (χ1n) is 10.2. The Bertz CT molecular complexity index is 762. The number of carbonyl (C=O) groups is 1. The number of rotatable bonds is 6. The topological polar surface area (TPSA) is 62.7 Å². The van der Waals surface area contributed by atoms with Gasteiger partial charge in [0.2, 0.25) is 5.91 Å². The first-order chi connectivity index (χ1) is 13.7. The minimum atomic E-state index is -0.296. The summed E-state index contributed by atoms with van der Waals surface area (Å²) in [5.74, 6) is 0.476. The Morgan fingerprint density at radius 1 is 1.11 bits per heavy atom. The number of aliphatic hydroxyl groups excluding tert-OH is 1. The number of aliphatic hydroxyl groups is 1. The van der Waals surface area contributed by atoms with E-state index < -0.39 is 0 Å². The fraction of sp³-hybridized carbons (Fsp3) is 0.478. The summed E-state index contributed by atoms with van der Waals surface area (Å²) >= 11 is 0. The maximum absolute atomic E-state index is 12.8. The third-order valence-electron chi connectivity index (χ3n) is 5.99. The number of carbonyl (C=O) groups excluding carboxylic acids is 1. The third-order valence-corrected chi connectivity index (χ3v) is 5.99. The van der Waals surface area contributed by atoms with Gasteiger partial charge in [0.25, 0.3) is 0 Å². The third kappa shape index (κ3) is 4.59. The fourth-order valence-corrected chi connectivity index (χ4v) is 4.27. The van der Waals surface area contributed by atoms with Crippen LogP contribution in [0.1, 0.15) is 30.4 Å². The van der Waals surface area contributed by atoms with E-state index in [9.17, 15) is 9.90 Å². The molecule has 1 N–H and O–H groups in total. The molecule has 28 heavy (non-hydrogen) atoms. The zero-order chi connectivity index (χ0) is 19.3. The molecule has 1 aromatic carbocycles. The summed E-state index contributed by atoms with van der Waals surface area (Å²) in [7, 11) is 0. The van der Waals surface area contributed by atoms with Crippen LogP contribution in [0.5, 0.6) is 0 Å². The summed E-state index contributed by atoms with van der Waals surface area (Å²) in [6.45, 7) is 2.03. The number of nitrogens with zero attached hydrogens (tertiary/aromatic N) is 2. The van der Waals surface area contributed by atoms with Gasteiger partial charge in [-0.15, -0.1) is 0 Å². The number of piperidine rings is 1. The lowest BCUT2D eigenvalue weighted by atomic mass is 9.80. The van der Waals surface area contributed by atoms with Crippen molar-refractivity contribution >= 4 is 5.91 Å². The predicted molar refractivity (Wildman–Crippen MR) is 106 cm³/mol.